The molecule has 0 spiro atoms. The van der Waals surface area contributed by atoms with Gasteiger partial charge in [-0.05, 0) is 36.7 Å². The van der Waals surface area contributed by atoms with Crippen molar-refractivity contribution in [2.24, 2.45) is 5.41 Å². The average molecular weight is 330 g/mol. The summed E-state index contributed by atoms with van der Waals surface area (Å²) in [5, 5.41) is 8.95. The summed E-state index contributed by atoms with van der Waals surface area (Å²) in [6.07, 6.45) is 1.48. The van der Waals surface area contributed by atoms with Crippen molar-refractivity contribution < 1.29 is 4.79 Å². The van der Waals surface area contributed by atoms with Gasteiger partial charge < -0.3 is 16.0 Å². The van der Waals surface area contributed by atoms with Gasteiger partial charge in [-0.1, -0.05) is 0 Å². The first-order valence-corrected chi connectivity index (χ1v) is 6.92. The lowest BCUT2D eigenvalue weighted by Gasteiger charge is -2.23. The fourth-order valence-corrected chi connectivity index (χ4v) is 1.99. The van der Waals surface area contributed by atoms with Crippen LogP contribution >= 0.6 is 15.9 Å². The highest BCUT2D eigenvalue weighted by Crippen LogP contribution is 2.27. The van der Waals surface area contributed by atoms with Crippen LogP contribution in [-0.2, 0) is 4.79 Å². The van der Waals surface area contributed by atoms with Crippen molar-refractivity contribution >= 4 is 33.5 Å². The third-order valence-electron chi connectivity index (χ3n) is 2.67. The van der Waals surface area contributed by atoms with Gasteiger partial charge in [0.15, 0.2) is 0 Å². The quantitative estimate of drug-likeness (QED) is 0.742. The zero-order valence-corrected chi connectivity index (χ0v) is 13.3. The number of carbonyl (C=O) groups excluding carboxylic acids is 1. The van der Waals surface area contributed by atoms with E-state index in [4.69, 9.17) is 0 Å². The minimum Gasteiger partial charge on any atom is -0.369 e. The summed E-state index contributed by atoms with van der Waals surface area (Å²) in [7, 11) is 1.63. The lowest BCUT2D eigenvalue weighted by molar-refractivity contribution is -0.128. The van der Waals surface area contributed by atoms with E-state index in [0.717, 1.165) is 16.8 Å². The fraction of sp³-hybridized carbons (Fsp3) is 0.583. The van der Waals surface area contributed by atoms with Crippen LogP contribution in [0.25, 0.3) is 0 Å². The van der Waals surface area contributed by atoms with Crippen molar-refractivity contribution in [3.63, 3.8) is 0 Å². The SMILES string of the molecule is CCNc1ncnc(NCC(C)(C)C(=O)NC)c1Br. The molecular formula is C12H20BrN5O. The molecule has 0 aliphatic heterocycles. The number of nitrogens with one attached hydrogen (secondary N) is 3. The van der Waals surface area contributed by atoms with Crippen LogP contribution in [-0.4, -0.2) is 36.0 Å². The maximum absolute atomic E-state index is 11.7. The van der Waals surface area contributed by atoms with E-state index in [-0.39, 0.29) is 5.91 Å². The minimum atomic E-state index is -0.516. The van der Waals surface area contributed by atoms with Gasteiger partial charge in [-0.15, -0.1) is 0 Å². The second kappa shape index (κ2) is 6.70. The molecule has 3 N–H and O–H groups in total. The molecule has 0 unspecified atom stereocenters. The van der Waals surface area contributed by atoms with Crippen molar-refractivity contribution in [2.45, 2.75) is 20.8 Å². The van der Waals surface area contributed by atoms with Crippen LogP contribution in [0.1, 0.15) is 20.8 Å². The highest BCUT2D eigenvalue weighted by molar-refractivity contribution is 9.10. The molecule has 106 valence electrons. The molecule has 19 heavy (non-hydrogen) atoms. The van der Waals surface area contributed by atoms with E-state index in [1.807, 2.05) is 20.8 Å². The predicted molar refractivity (Wildman–Crippen MR) is 80.2 cm³/mol. The molecule has 7 heteroatoms. The summed E-state index contributed by atoms with van der Waals surface area (Å²) < 4.78 is 0.768. The summed E-state index contributed by atoms with van der Waals surface area (Å²) in [5.41, 5.74) is -0.516. The van der Waals surface area contributed by atoms with E-state index in [9.17, 15) is 4.79 Å². The smallest absolute Gasteiger partial charge is 0.227 e. The molecule has 1 amide bonds. The Balaban J connectivity index is 2.78. The largest absolute Gasteiger partial charge is 0.369 e. The second-order valence-electron chi connectivity index (χ2n) is 4.73. The molecule has 0 aliphatic carbocycles. The van der Waals surface area contributed by atoms with Crippen molar-refractivity contribution in [1.82, 2.24) is 15.3 Å². The Hall–Kier alpha value is -1.37. The summed E-state index contributed by atoms with van der Waals surface area (Å²) in [4.78, 5) is 20.0. The van der Waals surface area contributed by atoms with Crippen LogP contribution in [0.15, 0.2) is 10.8 Å². The maximum Gasteiger partial charge on any atom is 0.227 e. The Morgan fingerprint density at radius 2 is 1.89 bits per heavy atom. The molecule has 0 radical (unpaired) electrons. The minimum absolute atomic E-state index is 0.0166. The molecule has 0 bridgehead atoms. The number of hydrogen-bond acceptors (Lipinski definition) is 5. The Labute approximate surface area is 121 Å². The summed E-state index contributed by atoms with van der Waals surface area (Å²) >= 11 is 3.45. The van der Waals surface area contributed by atoms with Gasteiger partial charge >= 0.3 is 0 Å². The number of carbonyl (C=O) groups is 1. The number of amides is 1. The van der Waals surface area contributed by atoms with Crippen LogP contribution in [0.3, 0.4) is 0 Å². The van der Waals surface area contributed by atoms with E-state index in [2.05, 4.69) is 41.8 Å². The predicted octanol–water partition coefficient (Wildman–Crippen LogP) is 1.85. The maximum atomic E-state index is 11.7. The van der Waals surface area contributed by atoms with Crippen LogP contribution in [0.2, 0.25) is 0 Å². The molecule has 0 aromatic carbocycles. The van der Waals surface area contributed by atoms with Gasteiger partial charge in [0.2, 0.25) is 5.91 Å². The molecule has 0 aliphatic rings. The average Bonchev–Trinajstić information content (AvgIpc) is 2.39. The Morgan fingerprint density at radius 1 is 1.32 bits per heavy atom. The molecule has 1 aromatic rings. The molecule has 1 heterocycles. The van der Waals surface area contributed by atoms with Crippen molar-refractivity contribution in [3.8, 4) is 0 Å². The van der Waals surface area contributed by atoms with Crippen LogP contribution in [0.5, 0.6) is 0 Å². The molecule has 0 saturated heterocycles. The van der Waals surface area contributed by atoms with E-state index >= 15 is 0 Å². The van der Waals surface area contributed by atoms with Crippen LogP contribution in [0, 0.1) is 5.41 Å². The zero-order chi connectivity index (χ0) is 14.5. The van der Waals surface area contributed by atoms with Crippen LogP contribution in [0.4, 0.5) is 11.6 Å². The highest BCUT2D eigenvalue weighted by atomic mass is 79.9. The molecule has 6 nitrogen and oxygen atoms in total. The topological polar surface area (TPSA) is 78.9 Å². The van der Waals surface area contributed by atoms with Crippen molar-refractivity contribution in [2.75, 3.05) is 30.8 Å². The Bertz CT molecular complexity index is 450. The van der Waals surface area contributed by atoms with Crippen molar-refractivity contribution in [1.29, 1.82) is 0 Å². The van der Waals surface area contributed by atoms with E-state index in [1.165, 1.54) is 6.33 Å². The number of aromatic nitrogens is 2. The number of halogens is 1. The number of rotatable bonds is 6. The number of nitrogens with zero attached hydrogens (tertiary/aromatic N) is 2. The normalized spacial score (nSPS) is 11.0. The zero-order valence-electron chi connectivity index (χ0n) is 11.7. The summed E-state index contributed by atoms with van der Waals surface area (Å²) in [5.74, 6) is 1.39. The summed E-state index contributed by atoms with van der Waals surface area (Å²) in [6, 6.07) is 0. The molecule has 0 atom stereocenters. The van der Waals surface area contributed by atoms with E-state index in [0.29, 0.717) is 12.4 Å². The molecule has 1 rings (SSSR count). The molecule has 0 saturated carbocycles. The molecular weight excluding hydrogens is 310 g/mol. The third kappa shape index (κ3) is 4.05. The van der Waals surface area contributed by atoms with Gasteiger partial charge in [0.05, 0.1) is 5.41 Å². The highest BCUT2D eigenvalue weighted by Gasteiger charge is 2.26. The first-order valence-electron chi connectivity index (χ1n) is 6.12. The summed E-state index contributed by atoms with van der Waals surface area (Å²) in [6.45, 7) is 7.00. The number of anilines is 2. The lowest BCUT2D eigenvalue weighted by atomic mass is 9.92. The lowest BCUT2D eigenvalue weighted by Crippen LogP contribution is -2.39. The van der Waals surface area contributed by atoms with Crippen LogP contribution < -0.4 is 16.0 Å². The van der Waals surface area contributed by atoms with Crippen molar-refractivity contribution in [3.05, 3.63) is 10.8 Å². The molecule has 1 aromatic heterocycles. The van der Waals surface area contributed by atoms with Gasteiger partial charge in [0.1, 0.15) is 22.4 Å². The van der Waals surface area contributed by atoms with Gasteiger partial charge in [-0.25, -0.2) is 9.97 Å². The standard InChI is InChI=1S/C12H20BrN5O/c1-5-15-9-8(13)10(18-7-17-9)16-6-12(2,3)11(19)14-4/h7H,5-6H2,1-4H3,(H,14,19)(H2,15,16,17,18). The molecule has 0 fully saturated rings. The van der Waals surface area contributed by atoms with Gasteiger partial charge in [-0.3, -0.25) is 4.79 Å². The van der Waals surface area contributed by atoms with Gasteiger partial charge in [0.25, 0.3) is 0 Å². The van der Waals surface area contributed by atoms with Gasteiger partial charge in [0, 0.05) is 20.1 Å². The van der Waals surface area contributed by atoms with E-state index < -0.39 is 5.41 Å². The second-order valence-corrected chi connectivity index (χ2v) is 5.52. The van der Waals surface area contributed by atoms with E-state index in [1.54, 1.807) is 7.05 Å². The Kier molecular flexibility index (Phi) is 5.53. The first kappa shape index (κ1) is 15.7. The van der Waals surface area contributed by atoms with Gasteiger partial charge in [-0.2, -0.15) is 0 Å². The Morgan fingerprint density at radius 3 is 2.42 bits per heavy atom. The number of hydrogen-bond donors (Lipinski definition) is 3. The monoisotopic (exact) mass is 329 g/mol. The third-order valence-corrected chi connectivity index (χ3v) is 3.42. The fourth-order valence-electron chi connectivity index (χ4n) is 1.51. The first-order chi connectivity index (χ1) is 8.92.